The van der Waals surface area contributed by atoms with E-state index in [2.05, 4.69) is 15.6 Å². The van der Waals surface area contributed by atoms with E-state index >= 15 is 0 Å². The molecule has 8 nitrogen and oxygen atoms in total. The summed E-state index contributed by atoms with van der Waals surface area (Å²) in [6.07, 6.45) is 2.28. The number of hydrogen-bond donors (Lipinski definition) is 3. The molecule has 2 atom stereocenters. The van der Waals surface area contributed by atoms with Crippen LogP contribution in [0.1, 0.15) is 56.0 Å². The number of nitrogens with zero attached hydrogens (tertiary/aromatic N) is 1. The van der Waals surface area contributed by atoms with Gasteiger partial charge in [-0.3, -0.25) is 9.78 Å². The van der Waals surface area contributed by atoms with Crippen molar-refractivity contribution in [1.29, 1.82) is 0 Å². The zero-order chi connectivity index (χ0) is 24.1. The van der Waals surface area contributed by atoms with Crippen molar-refractivity contribution >= 4 is 46.9 Å². The molecule has 1 aromatic heterocycles. The molecule has 2 unspecified atom stereocenters. The maximum absolute atomic E-state index is 12.5. The Labute approximate surface area is 196 Å². The minimum absolute atomic E-state index is 0.103. The van der Waals surface area contributed by atoms with Crippen LogP contribution in [0, 0.1) is 0 Å². The van der Waals surface area contributed by atoms with E-state index in [1.807, 2.05) is 6.92 Å². The van der Waals surface area contributed by atoms with Gasteiger partial charge in [-0.1, -0.05) is 42.3 Å². The Morgan fingerprint density at radius 3 is 2.12 bits per heavy atom. The standard InChI is InChI=1S/C22H25Cl2N3O5/c1-5-14(18(20(29)30)27-21(31)32-22(2,3)4)12-6-8-13(9-7-12)26-19(28)17-15(23)10-25-11-16(17)24/h6-11,14,18H,5H2,1-4H3,(H,26,28)(H,27,31)(H,29,30). The lowest BCUT2D eigenvalue weighted by Gasteiger charge is -2.26. The van der Waals surface area contributed by atoms with Crippen molar-refractivity contribution < 1.29 is 24.2 Å². The van der Waals surface area contributed by atoms with Crippen molar-refractivity contribution in [2.45, 2.75) is 51.7 Å². The highest BCUT2D eigenvalue weighted by Crippen LogP contribution is 2.27. The number of rotatable bonds is 7. The van der Waals surface area contributed by atoms with Crippen molar-refractivity contribution in [2.24, 2.45) is 0 Å². The fourth-order valence-electron chi connectivity index (χ4n) is 3.07. The van der Waals surface area contributed by atoms with Crippen molar-refractivity contribution in [2.75, 3.05) is 5.32 Å². The van der Waals surface area contributed by atoms with E-state index in [0.29, 0.717) is 17.7 Å². The third-order valence-electron chi connectivity index (χ3n) is 4.46. The van der Waals surface area contributed by atoms with Crippen LogP contribution in [0.15, 0.2) is 36.7 Å². The average Bonchev–Trinajstić information content (AvgIpc) is 2.67. The number of carbonyl (C=O) groups is 3. The largest absolute Gasteiger partial charge is 0.480 e. The first-order valence-electron chi connectivity index (χ1n) is 9.85. The van der Waals surface area contributed by atoms with Crippen LogP contribution in [0.25, 0.3) is 0 Å². The number of nitrogens with one attached hydrogen (secondary N) is 2. The van der Waals surface area contributed by atoms with Crippen LogP contribution < -0.4 is 10.6 Å². The average molecular weight is 482 g/mol. The van der Waals surface area contributed by atoms with E-state index < -0.39 is 35.5 Å². The second-order valence-corrected chi connectivity index (χ2v) is 8.85. The molecule has 0 bridgehead atoms. The summed E-state index contributed by atoms with van der Waals surface area (Å²) in [5.74, 6) is -2.20. The van der Waals surface area contributed by atoms with Crippen LogP contribution in [0.3, 0.4) is 0 Å². The van der Waals surface area contributed by atoms with Crippen molar-refractivity contribution in [1.82, 2.24) is 10.3 Å². The number of carboxylic acid groups (broad SMARTS) is 1. The second-order valence-electron chi connectivity index (χ2n) is 8.03. The first kappa shape index (κ1) is 25.4. The Balaban J connectivity index is 2.18. The first-order chi connectivity index (χ1) is 14.9. The van der Waals surface area contributed by atoms with Crippen LogP contribution in [0.4, 0.5) is 10.5 Å². The third-order valence-corrected chi connectivity index (χ3v) is 5.03. The molecule has 32 heavy (non-hydrogen) atoms. The molecule has 1 aromatic carbocycles. The van der Waals surface area contributed by atoms with Gasteiger partial charge in [0.2, 0.25) is 0 Å². The molecule has 0 saturated carbocycles. The van der Waals surface area contributed by atoms with E-state index in [1.54, 1.807) is 45.0 Å². The van der Waals surface area contributed by atoms with Gasteiger partial charge in [0, 0.05) is 24.0 Å². The molecule has 0 fully saturated rings. The Morgan fingerprint density at radius 2 is 1.66 bits per heavy atom. The first-order valence-corrected chi connectivity index (χ1v) is 10.6. The van der Waals surface area contributed by atoms with Crippen LogP contribution in [0.2, 0.25) is 10.0 Å². The number of carbonyl (C=O) groups excluding carboxylic acids is 2. The monoisotopic (exact) mass is 481 g/mol. The summed E-state index contributed by atoms with van der Waals surface area (Å²) in [6.45, 7) is 6.90. The topological polar surface area (TPSA) is 118 Å². The maximum Gasteiger partial charge on any atom is 0.408 e. The normalized spacial score (nSPS) is 13.1. The molecule has 0 spiro atoms. The molecule has 0 aliphatic heterocycles. The summed E-state index contributed by atoms with van der Waals surface area (Å²) in [4.78, 5) is 40.3. The quantitative estimate of drug-likeness (QED) is 0.505. The maximum atomic E-state index is 12.5. The van der Waals surface area contributed by atoms with Gasteiger partial charge >= 0.3 is 12.1 Å². The SMILES string of the molecule is CCC(c1ccc(NC(=O)c2c(Cl)cncc2Cl)cc1)C(NC(=O)OC(C)(C)C)C(=O)O. The van der Waals surface area contributed by atoms with Gasteiger partial charge < -0.3 is 20.5 Å². The molecule has 0 aliphatic rings. The number of amides is 2. The number of anilines is 1. The van der Waals surface area contributed by atoms with Gasteiger partial charge in [0.1, 0.15) is 11.6 Å². The Kier molecular flexibility index (Phi) is 8.46. The highest BCUT2D eigenvalue weighted by molar-refractivity contribution is 6.40. The summed E-state index contributed by atoms with van der Waals surface area (Å²) in [5, 5.41) is 15.0. The Morgan fingerprint density at radius 1 is 1.09 bits per heavy atom. The van der Waals surface area contributed by atoms with Gasteiger partial charge in [0.05, 0.1) is 15.6 Å². The van der Waals surface area contributed by atoms with Gasteiger partial charge in [-0.25, -0.2) is 9.59 Å². The molecule has 2 amide bonds. The lowest BCUT2D eigenvalue weighted by Crippen LogP contribution is -2.46. The predicted molar refractivity (Wildman–Crippen MR) is 122 cm³/mol. The molecule has 2 aromatic rings. The second kappa shape index (κ2) is 10.7. The molecule has 0 radical (unpaired) electrons. The molecular weight excluding hydrogens is 457 g/mol. The lowest BCUT2D eigenvalue weighted by atomic mass is 9.89. The van der Waals surface area contributed by atoms with Crippen LogP contribution in [-0.4, -0.2) is 39.7 Å². The van der Waals surface area contributed by atoms with E-state index in [9.17, 15) is 19.5 Å². The van der Waals surface area contributed by atoms with Crippen LogP contribution in [-0.2, 0) is 9.53 Å². The number of halogens is 2. The molecule has 3 N–H and O–H groups in total. The number of aromatic nitrogens is 1. The summed E-state index contributed by atoms with van der Waals surface area (Å²) in [7, 11) is 0. The summed E-state index contributed by atoms with van der Waals surface area (Å²) < 4.78 is 5.19. The predicted octanol–water partition coefficient (Wildman–Crippen LogP) is 5.11. The molecule has 0 saturated heterocycles. The van der Waals surface area contributed by atoms with Gasteiger partial charge in [0.15, 0.2) is 0 Å². The van der Waals surface area contributed by atoms with Crippen molar-refractivity contribution in [3.8, 4) is 0 Å². The van der Waals surface area contributed by atoms with E-state index in [1.165, 1.54) is 12.4 Å². The molecule has 2 rings (SSSR count). The molecule has 172 valence electrons. The highest BCUT2D eigenvalue weighted by Gasteiger charge is 2.31. The molecule has 10 heteroatoms. The highest BCUT2D eigenvalue weighted by atomic mass is 35.5. The van der Waals surface area contributed by atoms with E-state index in [-0.39, 0.29) is 15.6 Å². The molecular formula is C22H25Cl2N3O5. The van der Waals surface area contributed by atoms with Crippen molar-refractivity contribution in [3.05, 3.63) is 57.8 Å². The molecule has 1 heterocycles. The Bertz CT molecular complexity index is 970. The summed E-state index contributed by atoms with van der Waals surface area (Å²) in [5.41, 5.74) is 0.486. The van der Waals surface area contributed by atoms with Crippen LogP contribution in [0.5, 0.6) is 0 Å². The van der Waals surface area contributed by atoms with E-state index in [4.69, 9.17) is 27.9 Å². The zero-order valence-corrected chi connectivity index (χ0v) is 19.6. The third kappa shape index (κ3) is 6.83. The van der Waals surface area contributed by atoms with E-state index in [0.717, 1.165) is 0 Å². The number of alkyl carbamates (subject to hydrolysis) is 1. The fraction of sp³-hybridized carbons (Fsp3) is 0.364. The smallest absolute Gasteiger partial charge is 0.408 e. The van der Waals surface area contributed by atoms with Crippen molar-refractivity contribution in [3.63, 3.8) is 0 Å². The number of ether oxygens (including phenoxy) is 1. The summed E-state index contributed by atoms with van der Waals surface area (Å²) >= 11 is 12.0. The fourth-order valence-corrected chi connectivity index (χ4v) is 3.60. The minimum atomic E-state index is -1.19. The minimum Gasteiger partial charge on any atom is -0.480 e. The number of benzene rings is 1. The number of carboxylic acids is 1. The molecule has 0 aliphatic carbocycles. The van der Waals surface area contributed by atoms with Gasteiger partial charge in [0.25, 0.3) is 5.91 Å². The van der Waals surface area contributed by atoms with Gasteiger partial charge in [-0.15, -0.1) is 0 Å². The summed E-state index contributed by atoms with van der Waals surface area (Å²) in [6, 6.07) is 5.44. The van der Waals surface area contributed by atoms with Crippen LogP contribution >= 0.6 is 23.2 Å². The zero-order valence-electron chi connectivity index (χ0n) is 18.1. The number of hydrogen-bond acceptors (Lipinski definition) is 5. The number of aliphatic carboxylic acids is 1. The Hall–Kier alpha value is -2.84. The van der Waals surface area contributed by atoms with Gasteiger partial charge in [-0.2, -0.15) is 0 Å². The number of pyridine rings is 1. The lowest BCUT2D eigenvalue weighted by molar-refractivity contribution is -0.140. The van der Waals surface area contributed by atoms with Gasteiger partial charge in [-0.05, 0) is 44.9 Å².